The molecule has 0 spiro atoms. The lowest BCUT2D eigenvalue weighted by molar-refractivity contribution is 0.655. The highest BCUT2D eigenvalue weighted by Crippen LogP contribution is 2.25. The van der Waals surface area contributed by atoms with Crippen LogP contribution in [0.4, 0.5) is 0 Å². The summed E-state index contributed by atoms with van der Waals surface area (Å²) >= 11 is 1.27. The van der Waals surface area contributed by atoms with Crippen LogP contribution >= 0.6 is 11.8 Å². The molecule has 19 heavy (non-hydrogen) atoms. The summed E-state index contributed by atoms with van der Waals surface area (Å²) in [4.78, 5) is 11.2. The molecule has 98 valence electrons. The largest absolute Gasteiger partial charge is 0.343 e. The standard InChI is InChI=1S/C12H13N5OS/c1-17-10(18)15-16-11(17)19-8-12(14,7-13)9-5-3-2-4-6-9/h2-6H,8,14H2,1H3,(H,15,18). The molecule has 0 aliphatic carbocycles. The number of nitrogens with one attached hydrogen (secondary N) is 1. The van der Waals surface area contributed by atoms with Gasteiger partial charge in [-0.15, -0.1) is 5.10 Å². The fourth-order valence-corrected chi connectivity index (χ4v) is 2.53. The van der Waals surface area contributed by atoms with Crippen molar-refractivity contribution in [2.45, 2.75) is 10.7 Å². The minimum atomic E-state index is -1.11. The number of nitrogens with two attached hydrogens (primary N) is 1. The molecule has 0 aliphatic rings. The Morgan fingerprint density at radius 1 is 1.53 bits per heavy atom. The first-order valence-electron chi connectivity index (χ1n) is 5.57. The molecule has 2 rings (SSSR count). The predicted octanol–water partition coefficient (Wildman–Crippen LogP) is 0.578. The number of rotatable bonds is 4. The minimum absolute atomic E-state index is 0.290. The highest BCUT2D eigenvalue weighted by Gasteiger charge is 2.28. The Hall–Kier alpha value is -2.04. The summed E-state index contributed by atoms with van der Waals surface area (Å²) in [5.74, 6) is 0.311. The monoisotopic (exact) mass is 275 g/mol. The van der Waals surface area contributed by atoms with Gasteiger partial charge in [0.25, 0.3) is 0 Å². The quantitative estimate of drug-likeness (QED) is 0.795. The van der Waals surface area contributed by atoms with Crippen LogP contribution in [0.3, 0.4) is 0 Å². The van der Waals surface area contributed by atoms with E-state index in [0.29, 0.717) is 10.9 Å². The predicted molar refractivity (Wildman–Crippen MR) is 72.5 cm³/mol. The van der Waals surface area contributed by atoms with Crippen molar-refractivity contribution < 1.29 is 0 Å². The normalized spacial score (nSPS) is 13.7. The SMILES string of the molecule is Cn1c(SCC(N)(C#N)c2ccccc2)n[nH]c1=O. The number of nitrogens with zero attached hydrogens (tertiary/aromatic N) is 3. The molecule has 1 heterocycles. The van der Waals surface area contributed by atoms with Gasteiger partial charge < -0.3 is 5.73 Å². The summed E-state index contributed by atoms with van der Waals surface area (Å²) in [6, 6.07) is 11.3. The maximum absolute atomic E-state index is 11.2. The van der Waals surface area contributed by atoms with E-state index in [2.05, 4.69) is 16.3 Å². The van der Waals surface area contributed by atoms with E-state index in [0.717, 1.165) is 5.56 Å². The molecule has 0 saturated heterocycles. The number of hydrogen-bond donors (Lipinski definition) is 2. The molecule has 1 aromatic carbocycles. The lowest BCUT2D eigenvalue weighted by Gasteiger charge is -2.20. The van der Waals surface area contributed by atoms with Gasteiger partial charge in [-0.25, -0.2) is 9.89 Å². The van der Waals surface area contributed by atoms with Gasteiger partial charge in [-0.05, 0) is 5.56 Å². The lowest BCUT2D eigenvalue weighted by atomic mass is 9.95. The molecule has 0 fully saturated rings. The summed E-state index contributed by atoms with van der Waals surface area (Å²) in [5.41, 5.74) is 5.46. The van der Waals surface area contributed by atoms with Crippen molar-refractivity contribution in [1.82, 2.24) is 14.8 Å². The molecule has 3 N–H and O–H groups in total. The zero-order chi connectivity index (χ0) is 13.9. The number of nitriles is 1. The second kappa shape index (κ2) is 5.30. The van der Waals surface area contributed by atoms with Gasteiger partial charge in [-0.3, -0.25) is 4.57 Å². The van der Waals surface area contributed by atoms with Crippen molar-refractivity contribution in [2.75, 3.05) is 5.75 Å². The van der Waals surface area contributed by atoms with Crippen LogP contribution in [0.1, 0.15) is 5.56 Å². The average Bonchev–Trinajstić information content (AvgIpc) is 2.77. The fourth-order valence-electron chi connectivity index (χ4n) is 1.56. The molecule has 2 aromatic rings. The Balaban J connectivity index is 2.19. The molecule has 0 radical (unpaired) electrons. The van der Waals surface area contributed by atoms with E-state index in [-0.39, 0.29) is 5.69 Å². The van der Waals surface area contributed by atoms with E-state index in [1.54, 1.807) is 7.05 Å². The van der Waals surface area contributed by atoms with Gasteiger partial charge in [0.15, 0.2) is 5.16 Å². The van der Waals surface area contributed by atoms with E-state index < -0.39 is 5.54 Å². The lowest BCUT2D eigenvalue weighted by Crippen LogP contribution is -2.37. The first-order chi connectivity index (χ1) is 9.07. The third kappa shape index (κ3) is 2.70. The molecular formula is C12H13N5OS. The number of aromatic amines is 1. The Labute approximate surface area is 114 Å². The number of hydrogen-bond acceptors (Lipinski definition) is 5. The van der Waals surface area contributed by atoms with Gasteiger partial charge in [-0.1, -0.05) is 42.1 Å². The Bertz CT molecular complexity index is 657. The molecule has 0 amide bonds. The molecule has 1 atom stereocenters. The van der Waals surface area contributed by atoms with Gasteiger partial charge in [0.2, 0.25) is 0 Å². The zero-order valence-corrected chi connectivity index (χ0v) is 11.1. The Morgan fingerprint density at radius 2 is 2.21 bits per heavy atom. The zero-order valence-electron chi connectivity index (χ0n) is 10.3. The van der Waals surface area contributed by atoms with Crippen molar-refractivity contribution in [1.29, 1.82) is 5.26 Å². The van der Waals surface area contributed by atoms with Crippen LogP contribution in [0.15, 0.2) is 40.3 Å². The molecule has 1 aromatic heterocycles. The number of thioether (sulfide) groups is 1. The summed E-state index contributed by atoms with van der Waals surface area (Å²) in [6.07, 6.45) is 0. The Morgan fingerprint density at radius 3 is 2.74 bits per heavy atom. The smallest absolute Gasteiger partial charge is 0.309 e. The second-order valence-corrected chi connectivity index (χ2v) is 5.05. The summed E-state index contributed by atoms with van der Waals surface area (Å²) in [5, 5.41) is 16.0. The van der Waals surface area contributed by atoms with Crippen molar-refractivity contribution >= 4 is 11.8 Å². The minimum Gasteiger partial charge on any atom is -0.309 e. The number of H-pyrrole nitrogens is 1. The van der Waals surface area contributed by atoms with Gasteiger partial charge in [-0.2, -0.15) is 5.26 Å². The molecule has 0 aliphatic heterocycles. The topological polar surface area (TPSA) is 100 Å². The molecular weight excluding hydrogens is 262 g/mol. The van der Waals surface area contributed by atoms with E-state index in [1.807, 2.05) is 30.3 Å². The summed E-state index contributed by atoms with van der Waals surface area (Å²) in [6.45, 7) is 0. The number of aromatic nitrogens is 3. The first-order valence-corrected chi connectivity index (χ1v) is 6.55. The Kier molecular flexibility index (Phi) is 3.74. The van der Waals surface area contributed by atoms with Crippen LogP contribution in [0, 0.1) is 11.3 Å². The third-order valence-electron chi connectivity index (χ3n) is 2.76. The highest BCUT2D eigenvalue weighted by molar-refractivity contribution is 7.99. The second-order valence-electron chi connectivity index (χ2n) is 4.11. The van der Waals surface area contributed by atoms with E-state index in [4.69, 9.17) is 5.73 Å². The average molecular weight is 275 g/mol. The molecule has 0 saturated carbocycles. The highest BCUT2D eigenvalue weighted by atomic mass is 32.2. The molecule has 7 heteroatoms. The summed E-state index contributed by atoms with van der Waals surface area (Å²) in [7, 11) is 1.61. The van der Waals surface area contributed by atoms with Gasteiger partial charge in [0, 0.05) is 12.8 Å². The van der Waals surface area contributed by atoms with Crippen LogP contribution < -0.4 is 11.4 Å². The van der Waals surface area contributed by atoms with Crippen LogP contribution in [-0.4, -0.2) is 20.5 Å². The van der Waals surface area contributed by atoms with Gasteiger partial charge >= 0.3 is 5.69 Å². The van der Waals surface area contributed by atoms with Crippen LogP contribution in [0.5, 0.6) is 0 Å². The number of benzene rings is 1. The maximum atomic E-state index is 11.2. The third-order valence-corrected chi connectivity index (χ3v) is 3.98. The van der Waals surface area contributed by atoms with Gasteiger partial charge in [0.05, 0.1) is 6.07 Å². The van der Waals surface area contributed by atoms with Crippen molar-refractivity contribution in [3.63, 3.8) is 0 Å². The van der Waals surface area contributed by atoms with E-state index in [1.165, 1.54) is 16.3 Å². The first kappa shape index (κ1) is 13.4. The van der Waals surface area contributed by atoms with Crippen LogP contribution in [-0.2, 0) is 12.6 Å². The van der Waals surface area contributed by atoms with Crippen LogP contribution in [0.25, 0.3) is 0 Å². The molecule has 1 unspecified atom stereocenters. The van der Waals surface area contributed by atoms with E-state index in [9.17, 15) is 10.1 Å². The van der Waals surface area contributed by atoms with Crippen LogP contribution in [0.2, 0.25) is 0 Å². The fraction of sp³-hybridized carbons (Fsp3) is 0.250. The van der Waals surface area contributed by atoms with Crippen molar-refractivity contribution in [2.24, 2.45) is 12.8 Å². The van der Waals surface area contributed by atoms with E-state index >= 15 is 0 Å². The van der Waals surface area contributed by atoms with Crippen molar-refractivity contribution in [3.8, 4) is 6.07 Å². The maximum Gasteiger partial charge on any atom is 0.343 e. The van der Waals surface area contributed by atoms with Crippen molar-refractivity contribution in [3.05, 3.63) is 46.4 Å². The summed E-state index contributed by atoms with van der Waals surface area (Å²) < 4.78 is 1.38. The van der Waals surface area contributed by atoms with Gasteiger partial charge in [0.1, 0.15) is 5.54 Å². The molecule has 6 nitrogen and oxygen atoms in total. The molecule has 0 bridgehead atoms.